The van der Waals surface area contributed by atoms with Crippen molar-refractivity contribution in [3.63, 3.8) is 0 Å². The minimum Gasteiger partial charge on any atom is -0.454 e. The van der Waals surface area contributed by atoms with Crippen LogP contribution in [-0.4, -0.2) is 17.9 Å². The summed E-state index contributed by atoms with van der Waals surface area (Å²) < 4.78 is 5.42. The van der Waals surface area contributed by atoms with Crippen LogP contribution >= 0.6 is 0 Å². The second-order valence-electron chi connectivity index (χ2n) is 9.82. The normalized spacial score (nSPS) is 18.6. The molecule has 3 heteroatoms. The third-order valence-electron chi connectivity index (χ3n) is 6.87. The Morgan fingerprint density at radius 3 is 1.29 bits per heavy atom. The quantitative estimate of drug-likeness (QED) is 0.0967. The number of cyclic esters (lactones) is 1. The highest BCUT2D eigenvalue weighted by Gasteiger charge is 2.42. The summed E-state index contributed by atoms with van der Waals surface area (Å²) in [5.41, 5.74) is 0. The second kappa shape index (κ2) is 19.8. The predicted octanol–water partition coefficient (Wildman–Crippen LogP) is 8.72. The minimum atomic E-state index is -0.470. The Bertz CT molecular complexity index is 446. The zero-order valence-corrected chi connectivity index (χ0v) is 20.9. The van der Waals surface area contributed by atoms with E-state index in [9.17, 15) is 9.59 Å². The van der Waals surface area contributed by atoms with Gasteiger partial charge in [0.05, 0.1) is 0 Å². The Balaban J connectivity index is 1.98. The molecular weight excluding hydrogens is 384 g/mol. The van der Waals surface area contributed by atoms with Gasteiger partial charge in [0, 0.05) is 0 Å². The first-order valence-electron chi connectivity index (χ1n) is 13.9. The standard InChI is InChI=1S/C28H52O3/c1-3-5-7-9-11-13-15-17-19-21-23-25-27(29)26(31-28(25)30)24-22-20-18-16-14-12-10-8-6-4-2/h25-26H,3-24H2,1-2H3. The topological polar surface area (TPSA) is 43.4 Å². The number of ether oxygens (including phenoxy) is 1. The fraction of sp³-hybridized carbons (Fsp3) is 0.929. The van der Waals surface area contributed by atoms with E-state index in [-0.39, 0.29) is 11.8 Å². The van der Waals surface area contributed by atoms with Gasteiger partial charge in [-0.05, 0) is 19.3 Å². The van der Waals surface area contributed by atoms with Crippen molar-refractivity contribution in [3.8, 4) is 0 Å². The van der Waals surface area contributed by atoms with Crippen molar-refractivity contribution in [2.45, 2.75) is 161 Å². The number of hydrogen-bond acceptors (Lipinski definition) is 3. The van der Waals surface area contributed by atoms with Crippen molar-refractivity contribution in [1.29, 1.82) is 0 Å². The van der Waals surface area contributed by atoms with Crippen LogP contribution in [0.3, 0.4) is 0 Å². The molecule has 0 radical (unpaired) electrons. The summed E-state index contributed by atoms with van der Waals surface area (Å²) >= 11 is 0. The number of carbonyl (C=O) groups is 2. The lowest BCUT2D eigenvalue weighted by Crippen LogP contribution is -2.20. The number of Topliss-reactive ketones (excluding diaryl/α,β-unsaturated/α-hetero) is 1. The highest BCUT2D eigenvalue weighted by atomic mass is 16.6. The highest BCUT2D eigenvalue weighted by molar-refractivity contribution is 6.06. The lowest BCUT2D eigenvalue weighted by atomic mass is 9.94. The van der Waals surface area contributed by atoms with Crippen molar-refractivity contribution in [2.75, 3.05) is 0 Å². The van der Waals surface area contributed by atoms with Crippen LogP contribution in [0.15, 0.2) is 0 Å². The molecule has 0 amide bonds. The number of hydrogen-bond donors (Lipinski definition) is 0. The average molecular weight is 437 g/mol. The fourth-order valence-electron chi connectivity index (χ4n) is 4.74. The molecule has 3 nitrogen and oxygen atoms in total. The summed E-state index contributed by atoms with van der Waals surface area (Å²) in [5, 5.41) is 0. The molecule has 1 saturated heterocycles. The molecule has 1 rings (SSSR count). The minimum absolute atomic E-state index is 0.0665. The van der Waals surface area contributed by atoms with Crippen LogP contribution in [0.25, 0.3) is 0 Å². The van der Waals surface area contributed by atoms with E-state index in [1.807, 2.05) is 0 Å². The molecule has 0 spiro atoms. The SMILES string of the molecule is CCCCCCCCCCCCC1OC(=O)C(CCCCCCCCCCCC)C1=O. The molecule has 1 aliphatic heterocycles. The van der Waals surface area contributed by atoms with E-state index in [1.165, 1.54) is 103 Å². The number of esters is 1. The number of carbonyl (C=O) groups excluding carboxylic acids is 2. The van der Waals surface area contributed by atoms with Gasteiger partial charge in [0.2, 0.25) is 0 Å². The van der Waals surface area contributed by atoms with Gasteiger partial charge < -0.3 is 4.74 Å². The second-order valence-corrected chi connectivity index (χ2v) is 9.82. The Kier molecular flexibility index (Phi) is 18.0. The maximum absolute atomic E-state index is 12.6. The average Bonchev–Trinajstić information content (AvgIpc) is 3.03. The van der Waals surface area contributed by atoms with Crippen LogP contribution in [0, 0.1) is 5.92 Å². The van der Waals surface area contributed by atoms with Gasteiger partial charge in [0.1, 0.15) is 5.92 Å². The van der Waals surface area contributed by atoms with Crippen LogP contribution in [0.1, 0.15) is 155 Å². The van der Waals surface area contributed by atoms with Gasteiger partial charge in [-0.1, -0.05) is 136 Å². The van der Waals surface area contributed by atoms with E-state index in [2.05, 4.69) is 13.8 Å². The van der Waals surface area contributed by atoms with Gasteiger partial charge in [-0.15, -0.1) is 0 Å². The summed E-state index contributed by atoms with van der Waals surface area (Å²) in [7, 11) is 0. The molecule has 0 aliphatic carbocycles. The van der Waals surface area contributed by atoms with E-state index in [4.69, 9.17) is 4.74 Å². The van der Waals surface area contributed by atoms with Crippen molar-refractivity contribution in [1.82, 2.24) is 0 Å². The zero-order valence-electron chi connectivity index (χ0n) is 20.9. The molecule has 2 atom stereocenters. The van der Waals surface area contributed by atoms with Crippen LogP contribution in [0.4, 0.5) is 0 Å². The van der Waals surface area contributed by atoms with Gasteiger partial charge in [0.25, 0.3) is 0 Å². The Hall–Kier alpha value is -0.860. The number of rotatable bonds is 22. The summed E-state index contributed by atoms with van der Waals surface area (Å²) in [6.07, 6.45) is 26.5. The van der Waals surface area contributed by atoms with E-state index in [0.29, 0.717) is 6.42 Å². The third kappa shape index (κ3) is 14.0. The molecule has 1 heterocycles. The van der Waals surface area contributed by atoms with E-state index in [0.717, 1.165) is 32.1 Å². The molecule has 0 saturated carbocycles. The first-order valence-corrected chi connectivity index (χ1v) is 13.9. The lowest BCUT2D eigenvalue weighted by molar-refractivity contribution is -0.144. The van der Waals surface area contributed by atoms with Crippen LogP contribution in [0.2, 0.25) is 0 Å². The van der Waals surface area contributed by atoms with E-state index < -0.39 is 12.0 Å². The summed E-state index contributed by atoms with van der Waals surface area (Å²) in [4.78, 5) is 24.7. The molecule has 0 N–H and O–H groups in total. The number of ketones is 1. The summed E-state index contributed by atoms with van der Waals surface area (Å²) in [6.45, 7) is 4.51. The zero-order chi connectivity index (χ0) is 22.6. The van der Waals surface area contributed by atoms with Gasteiger partial charge >= 0.3 is 5.97 Å². The van der Waals surface area contributed by atoms with Gasteiger partial charge in [-0.2, -0.15) is 0 Å². The molecule has 0 aromatic heterocycles. The predicted molar refractivity (Wildman–Crippen MR) is 131 cm³/mol. The summed E-state index contributed by atoms with van der Waals surface area (Å²) in [6, 6.07) is 0. The van der Waals surface area contributed by atoms with Crippen molar-refractivity contribution in [2.24, 2.45) is 5.92 Å². The Morgan fingerprint density at radius 2 is 0.871 bits per heavy atom. The van der Waals surface area contributed by atoms with Crippen molar-refractivity contribution in [3.05, 3.63) is 0 Å². The smallest absolute Gasteiger partial charge is 0.317 e. The fourth-order valence-corrected chi connectivity index (χ4v) is 4.74. The maximum atomic E-state index is 12.6. The van der Waals surface area contributed by atoms with E-state index >= 15 is 0 Å². The summed E-state index contributed by atoms with van der Waals surface area (Å²) in [5.74, 6) is -0.656. The van der Waals surface area contributed by atoms with Crippen LogP contribution in [-0.2, 0) is 14.3 Å². The molecule has 0 aromatic rings. The first-order chi connectivity index (χ1) is 15.2. The largest absolute Gasteiger partial charge is 0.454 e. The van der Waals surface area contributed by atoms with Crippen molar-refractivity contribution >= 4 is 11.8 Å². The molecule has 1 aliphatic rings. The Labute approximate surface area is 193 Å². The number of unbranched alkanes of at least 4 members (excludes halogenated alkanes) is 18. The monoisotopic (exact) mass is 436 g/mol. The van der Waals surface area contributed by atoms with Gasteiger partial charge in [-0.3, -0.25) is 9.59 Å². The first kappa shape index (κ1) is 28.2. The maximum Gasteiger partial charge on any atom is 0.317 e. The molecule has 182 valence electrons. The third-order valence-corrected chi connectivity index (χ3v) is 6.87. The Morgan fingerprint density at radius 1 is 0.516 bits per heavy atom. The molecule has 2 unspecified atom stereocenters. The highest BCUT2D eigenvalue weighted by Crippen LogP contribution is 2.26. The van der Waals surface area contributed by atoms with Crippen LogP contribution < -0.4 is 0 Å². The molecule has 1 fully saturated rings. The lowest BCUT2D eigenvalue weighted by Gasteiger charge is -2.08. The van der Waals surface area contributed by atoms with Crippen LogP contribution in [0.5, 0.6) is 0 Å². The van der Waals surface area contributed by atoms with Gasteiger partial charge in [-0.25, -0.2) is 0 Å². The molecular formula is C28H52O3. The van der Waals surface area contributed by atoms with Gasteiger partial charge in [0.15, 0.2) is 11.9 Å². The molecule has 31 heavy (non-hydrogen) atoms. The van der Waals surface area contributed by atoms with E-state index in [1.54, 1.807) is 0 Å². The molecule has 0 aromatic carbocycles. The van der Waals surface area contributed by atoms with Crippen molar-refractivity contribution < 1.29 is 14.3 Å². The molecule has 0 bridgehead atoms.